The molecule has 1 atom stereocenters. The number of esters is 1. The average molecular weight is 286 g/mol. The molecule has 4 nitrogen and oxygen atoms in total. The molecule has 0 saturated heterocycles. The highest BCUT2D eigenvalue weighted by Crippen LogP contribution is 2.35. The zero-order valence-corrected chi connectivity index (χ0v) is 12.9. The molecule has 0 N–H and O–H groups in total. The number of hydrogen-bond acceptors (Lipinski definition) is 4. The van der Waals surface area contributed by atoms with E-state index in [0.29, 0.717) is 19.7 Å². The first kappa shape index (κ1) is 15.3. The number of hydrogen-bond donors (Lipinski definition) is 0. The van der Waals surface area contributed by atoms with Gasteiger partial charge in [-0.05, 0) is 31.9 Å². The molecule has 1 aromatic rings. The van der Waals surface area contributed by atoms with Crippen LogP contribution in [0.5, 0.6) is 0 Å². The molecule has 0 aromatic heterocycles. The van der Waals surface area contributed by atoms with Gasteiger partial charge in [-0.15, -0.1) is 0 Å². The minimum atomic E-state index is -0.710. The van der Waals surface area contributed by atoms with Crippen LogP contribution < -0.4 is 0 Å². The van der Waals surface area contributed by atoms with Gasteiger partial charge in [0.05, 0.1) is 6.61 Å². The summed E-state index contributed by atoms with van der Waals surface area (Å²) in [4.78, 5) is 18.8. The summed E-state index contributed by atoms with van der Waals surface area (Å²) in [7, 11) is 1.95. The molecule has 0 radical (unpaired) electrons. The fourth-order valence-electron chi connectivity index (χ4n) is 2.66. The summed E-state index contributed by atoms with van der Waals surface area (Å²) in [5.41, 5.74) is 1.35. The lowest BCUT2D eigenvalue weighted by atomic mass is 9.79. The summed E-state index contributed by atoms with van der Waals surface area (Å²) in [6, 6.07) is 10.0. The Hall–Kier alpha value is -2.10. The van der Waals surface area contributed by atoms with Crippen LogP contribution in [0.1, 0.15) is 19.4 Å². The van der Waals surface area contributed by atoms with Crippen LogP contribution in [0.4, 0.5) is 0 Å². The van der Waals surface area contributed by atoms with E-state index in [4.69, 9.17) is 4.74 Å². The van der Waals surface area contributed by atoms with E-state index in [-0.39, 0.29) is 5.97 Å². The smallest absolute Gasteiger partial charge is 0.318 e. The number of carbonyl (C=O) groups excluding carboxylic acids is 1. The molecule has 1 unspecified atom stereocenters. The van der Waals surface area contributed by atoms with E-state index in [2.05, 4.69) is 4.99 Å². The second kappa shape index (κ2) is 6.57. The second-order valence-electron chi connectivity index (χ2n) is 5.44. The summed E-state index contributed by atoms with van der Waals surface area (Å²) in [6.45, 7) is 4.73. The number of ether oxygens (including phenoxy) is 1. The number of carbonyl (C=O) groups is 1. The predicted octanol–water partition coefficient (Wildman–Crippen LogP) is 2.66. The molecule has 1 heterocycles. The van der Waals surface area contributed by atoms with Crippen molar-refractivity contribution in [2.75, 3.05) is 20.3 Å². The summed E-state index contributed by atoms with van der Waals surface area (Å²) < 4.78 is 5.33. The van der Waals surface area contributed by atoms with Gasteiger partial charge in [-0.3, -0.25) is 9.79 Å². The molecule has 112 valence electrons. The Kier molecular flexibility index (Phi) is 4.78. The fraction of sp³-hybridized carbons (Fsp3) is 0.412. The summed E-state index contributed by atoms with van der Waals surface area (Å²) in [5.74, 6) is -0.192. The van der Waals surface area contributed by atoms with Crippen LogP contribution in [0.15, 0.2) is 47.1 Å². The van der Waals surface area contributed by atoms with Gasteiger partial charge in [0.2, 0.25) is 0 Å². The lowest BCUT2D eigenvalue weighted by Crippen LogP contribution is -2.41. The van der Waals surface area contributed by atoms with Gasteiger partial charge in [-0.1, -0.05) is 30.3 Å². The Morgan fingerprint density at radius 2 is 2.10 bits per heavy atom. The number of benzene rings is 1. The van der Waals surface area contributed by atoms with E-state index < -0.39 is 5.41 Å². The highest BCUT2D eigenvalue weighted by atomic mass is 16.5. The molecule has 1 aliphatic rings. The zero-order chi connectivity index (χ0) is 15.3. The van der Waals surface area contributed by atoms with Crippen molar-refractivity contribution < 1.29 is 9.53 Å². The molecular formula is C17H22N2O2. The van der Waals surface area contributed by atoms with Crippen molar-refractivity contribution in [2.45, 2.75) is 20.3 Å². The summed E-state index contributed by atoms with van der Waals surface area (Å²) in [6.07, 6.45) is 4.28. The molecule has 0 bridgehead atoms. The molecular weight excluding hydrogens is 264 g/mol. The highest BCUT2D eigenvalue weighted by molar-refractivity contribution is 5.83. The maximum absolute atomic E-state index is 12.6. The second-order valence-corrected chi connectivity index (χ2v) is 5.44. The van der Waals surface area contributed by atoms with Gasteiger partial charge in [0.25, 0.3) is 0 Å². The standard InChI is InChI=1S/C17H22N2O2/c1-4-21-16(20)17(2,12-14-8-6-5-7-9-14)15-10-11-18-13-19(15)3/h5-11H,4,12-13H2,1-3H3. The van der Waals surface area contributed by atoms with Crippen LogP contribution in [-0.4, -0.2) is 37.4 Å². The summed E-state index contributed by atoms with van der Waals surface area (Å²) in [5, 5.41) is 0. The quantitative estimate of drug-likeness (QED) is 0.781. The monoisotopic (exact) mass is 286 g/mol. The minimum absolute atomic E-state index is 0.192. The number of nitrogens with zero attached hydrogens (tertiary/aromatic N) is 2. The van der Waals surface area contributed by atoms with Crippen LogP contribution in [0.2, 0.25) is 0 Å². The van der Waals surface area contributed by atoms with E-state index in [1.165, 1.54) is 0 Å². The van der Waals surface area contributed by atoms with Crippen molar-refractivity contribution in [3.63, 3.8) is 0 Å². The third-order valence-electron chi connectivity index (χ3n) is 3.73. The maximum Gasteiger partial charge on any atom is 0.318 e. The van der Waals surface area contributed by atoms with E-state index in [0.717, 1.165) is 11.3 Å². The predicted molar refractivity (Wildman–Crippen MR) is 84.1 cm³/mol. The molecule has 2 rings (SSSR count). The molecule has 0 saturated carbocycles. The normalized spacial score (nSPS) is 17.1. The Balaban J connectivity index is 2.37. The molecule has 21 heavy (non-hydrogen) atoms. The van der Waals surface area contributed by atoms with Gasteiger partial charge in [-0.25, -0.2) is 0 Å². The Morgan fingerprint density at radius 3 is 2.71 bits per heavy atom. The molecule has 0 amide bonds. The third kappa shape index (κ3) is 3.32. The first-order chi connectivity index (χ1) is 10.1. The van der Waals surface area contributed by atoms with Crippen molar-refractivity contribution in [1.29, 1.82) is 0 Å². The average Bonchev–Trinajstić information content (AvgIpc) is 2.48. The number of allylic oxidation sites excluding steroid dienone is 1. The zero-order valence-electron chi connectivity index (χ0n) is 12.9. The van der Waals surface area contributed by atoms with Crippen LogP contribution >= 0.6 is 0 Å². The SMILES string of the molecule is CCOC(=O)C(C)(Cc1ccccc1)C1=CC=NCN1C. The Labute approximate surface area is 126 Å². The largest absolute Gasteiger partial charge is 0.465 e. The van der Waals surface area contributed by atoms with Crippen LogP contribution in [0, 0.1) is 5.41 Å². The molecule has 0 fully saturated rings. The van der Waals surface area contributed by atoms with Gasteiger partial charge in [0, 0.05) is 19.0 Å². The van der Waals surface area contributed by atoms with E-state index in [1.807, 2.05) is 62.2 Å². The molecule has 0 aliphatic carbocycles. The van der Waals surface area contributed by atoms with Gasteiger partial charge in [0.1, 0.15) is 12.1 Å². The maximum atomic E-state index is 12.6. The van der Waals surface area contributed by atoms with Gasteiger partial charge >= 0.3 is 5.97 Å². The van der Waals surface area contributed by atoms with E-state index >= 15 is 0 Å². The highest BCUT2D eigenvalue weighted by Gasteiger charge is 2.41. The first-order valence-corrected chi connectivity index (χ1v) is 7.21. The number of aliphatic imine (C=N–C) groups is 1. The van der Waals surface area contributed by atoms with Crippen molar-refractivity contribution in [3.05, 3.63) is 47.7 Å². The summed E-state index contributed by atoms with van der Waals surface area (Å²) >= 11 is 0. The van der Waals surface area contributed by atoms with Crippen molar-refractivity contribution >= 4 is 12.2 Å². The van der Waals surface area contributed by atoms with Crippen molar-refractivity contribution in [1.82, 2.24) is 4.90 Å². The van der Waals surface area contributed by atoms with E-state index in [1.54, 1.807) is 6.21 Å². The molecule has 0 spiro atoms. The van der Waals surface area contributed by atoms with E-state index in [9.17, 15) is 4.79 Å². The van der Waals surface area contributed by atoms with Gasteiger partial charge in [0.15, 0.2) is 0 Å². The van der Waals surface area contributed by atoms with Crippen LogP contribution in [0.25, 0.3) is 0 Å². The first-order valence-electron chi connectivity index (χ1n) is 7.21. The van der Waals surface area contributed by atoms with Crippen LogP contribution in [0.3, 0.4) is 0 Å². The van der Waals surface area contributed by atoms with Crippen molar-refractivity contribution in [3.8, 4) is 0 Å². The van der Waals surface area contributed by atoms with Crippen LogP contribution in [-0.2, 0) is 16.0 Å². The minimum Gasteiger partial charge on any atom is -0.465 e. The Bertz CT molecular complexity index is 551. The number of rotatable bonds is 5. The van der Waals surface area contributed by atoms with Gasteiger partial charge in [-0.2, -0.15) is 0 Å². The molecule has 1 aromatic carbocycles. The third-order valence-corrected chi connectivity index (χ3v) is 3.73. The fourth-order valence-corrected chi connectivity index (χ4v) is 2.66. The Morgan fingerprint density at radius 1 is 1.38 bits per heavy atom. The van der Waals surface area contributed by atoms with Crippen molar-refractivity contribution in [2.24, 2.45) is 10.4 Å². The lowest BCUT2D eigenvalue weighted by Gasteiger charge is -2.36. The molecule has 1 aliphatic heterocycles. The molecule has 4 heteroatoms. The van der Waals surface area contributed by atoms with Gasteiger partial charge < -0.3 is 9.64 Å². The lowest BCUT2D eigenvalue weighted by molar-refractivity contribution is -0.153. The topological polar surface area (TPSA) is 41.9 Å².